The lowest BCUT2D eigenvalue weighted by Crippen LogP contribution is -2.16. The van der Waals surface area contributed by atoms with Crippen molar-refractivity contribution in [1.29, 1.82) is 0 Å². The van der Waals surface area contributed by atoms with Crippen molar-refractivity contribution in [3.63, 3.8) is 0 Å². The number of hydrogen-bond donors (Lipinski definition) is 1. The van der Waals surface area contributed by atoms with Crippen molar-refractivity contribution in [2.24, 2.45) is 0 Å². The second-order valence-electron chi connectivity index (χ2n) is 3.77. The fourth-order valence-electron chi connectivity index (χ4n) is 1.56. The SMILES string of the molecule is CCCCc1c(F)c(F)c(C(=O)OCO)c(F)c1F. The average Bonchev–Trinajstić information content (AvgIpc) is 2.37. The zero-order chi connectivity index (χ0) is 14.6. The summed E-state index contributed by atoms with van der Waals surface area (Å²) < 4.78 is 58.2. The third kappa shape index (κ3) is 3.04. The Bertz CT molecular complexity index is 459. The van der Waals surface area contributed by atoms with Gasteiger partial charge in [-0.05, 0) is 12.8 Å². The van der Waals surface area contributed by atoms with Crippen LogP contribution in [0.25, 0.3) is 0 Å². The zero-order valence-electron chi connectivity index (χ0n) is 10.1. The second-order valence-corrected chi connectivity index (χ2v) is 3.77. The first-order valence-electron chi connectivity index (χ1n) is 5.58. The number of benzene rings is 1. The molecular weight excluding hydrogens is 268 g/mol. The molecule has 1 rings (SSSR count). The largest absolute Gasteiger partial charge is 0.435 e. The molecule has 0 aliphatic heterocycles. The van der Waals surface area contributed by atoms with Crippen LogP contribution in [-0.2, 0) is 11.2 Å². The molecule has 1 N–H and O–H groups in total. The summed E-state index contributed by atoms with van der Waals surface area (Å²) in [4.78, 5) is 11.1. The van der Waals surface area contributed by atoms with Gasteiger partial charge in [-0.25, -0.2) is 22.4 Å². The minimum Gasteiger partial charge on any atom is -0.435 e. The van der Waals surface area contributed by atoms with Gasteiger partial charge >= 0.3 is 5.97 Å². The molecule has 0 unspecified atom stereocenters. The van der Waals surface area contributed by atoms with Crippen LogP contribution in [0.4, 0.5) is 17.6 Å². The van der Waals surface area contributed by atoms with E-state index in [0.29, 0.717) is 12.8 Å². The predicted molar refractivity (Wildman–Crippen MR) is 57.4 cm³/mol. The molecule has 0 fully saturated rings. The van der Waals surface area contributed by atoms with E-state index in [0.717, 1.165) is 0 Å². The van der Waals surface area contributed by atoms with Gasteiger partial charge in [0.05, 0.1) is 0 Å². The normalized spacial score (nSPS) is 10.6. The van der Waals surface area contributed by atoms with Gasteiger partial charge in [-0.1, -0.05) is 13.3 Å². The van der Waals surface area contributed by atoms with E-state index in [-0.39, 0.29) is 6.42 Å². The van der Waals surface area contributed by atoms with Gasteiger partial charge in [-0.3, -0.25) is 0 Å². The van der Waals surface area contributed by atoms with Gasteiger partial charge in [0, 0.05) is 5.56 Å². The fourth-order valence-corrected chi connectivity index (χ4v) is 1.56. The molecule has 0 aliphatic rings. The van der Waals surface area contributed by atoms with Crippen LogP contribution in [0.2, 0.25) is 0 Å². The first kappa shape index (κ1) is 15.4. The van der Waals surface area contributed by atoms with E-state index in [9.17, 15) is 22.4 Å². The predicted octanol–water partition coefficient (Wildman–Crippen LogP) is 2.69. The minimum atomic E-state index is -1.82. The molecule has 1 aromatic rings. The smallest absolute Gasteiger partial charge is 0.346 e. The molecule has 0 amide bonds. The number of halogens is 4. The van der Waals surface area contributed by atoms with Crippen LogP contribution in [0.3, 0.4) is 0 Å². The van der Waals surface area contributed by atoms with E-state index in [1.165, 1.54) is 0 Å². The Morgan fingerprint density at radius 1 is 1.11 bits per heavy atom. The molecule has 0 heterocycles. The number of aliphatic hydroxyl groups excluding tert-OH is 1. The summed E-state index contributed by atoms with van der Waals surface area (Å²) in [5.41, 5.74) is -2.22. The van der Waals surface area contributed by atoms with Crippen LogP contribution in [0.15, 0.2) is 0 Å². The Morgan fingerprint density at radius 3 is 2.05 bits per heavy atom. The summed E-state index contributed by atoms with van der Waals surface area (Å²) in [6.07, 6.45) is 0.737. The molecule has 19 heavy (non-hydrogen) atoms. The number of ether oxygens (including phenoxy) is 1. The number of unbranched alkanes of at least 4 members (excludes halogenated alkanes) is 1. The summed E-state index contributed by atoms with van der Waals surface area (Å²) in [5, 5.41) is 8.31. The molecule has 0 aliphatic carbocycles. The molecule has 0 aromatic heterocycles. The Balaban J connectivity index is 3.34. The molecule has 3 nitrogen and oxygen atoms in total. The Hall–Kier alpha value is -1.63. The highest BCUT2D eigenvalue weighted by molar-refractivity contribution is 5.90. The Labute approximate surface area is 106 Å². The standard InChI is InChI=1S/C12H12F4O3/c1-2-3-4-6-8(13)10(15)7(11(16)9(6)14)12(18)19-5-17/h17H,2-5H2,1H3. The molecule has 0 radical (unpaired) electrons. The molecule has 7 heteroatoms. The molecular formula is C12H12F4O3. The fraction of sp³-hybridized carbons (Fsp3) is 0.417. The highest BCUT2D eigenvalue weighted by Gasteiger charge is 2.29. The number of esters is 1. The number of carbonyl (C=O) groups is 1. The van der Waals surface area contributed by atoms with E-state index in [4.69, 9.17) is 5.11 Å². The topological polar surface area (TPSA) is 46.5 Å². The summed E-state index contributed by atoms with van der Waals surface area (Å²) in [5.74, 6) is -8.53. The lowest BCUT2D eigenvalue weighted by Gasteiger charge is -2.10. The molecule has 0 saturated heterocycles. The maximum Gasteiger partial charge on any atom is 0.346 e. The molecule has 0 saturated carbocycles. The molecule has 0 atom stereocenters. The molecule has 0 bridgehead atoms. The lowest BCUT2D eigenvalue weighted by molar-refractivity contribution is 0.00571. The highest BCUT2D eigenvalue weighted by Crippen LogP contribution is 2.26. The van der Waals surface area contributed by atoms with Gasteiger partial charge in [0.2, 0.25) is 0 Å². The van der Waals surface area contributed by atoms with E-state index < -0.39 is 47.2 Å². The second kappa shape index (κ2) is 6.51. The minimum absolute atomic E-state index is 0.183. The quantitative estimate of drug-likeness (QED) is 0.390. The van der Waals surface area contributed by atoms with Gasteiger partial charge in [-0.15, -0.1) is 0 Å². The maximum atomic E-state index is 13.6. The third-order valence-corrected chi connectivity index (χ3v) is 2.53. The van der Waals surface area contributed by atoms with Crippen molar-refractivity contribution >= 4 is 5.97 Å². The monoisotopic (exact) mass is 280 g/mol. The van der Waals surface area contributed by atoms with Crippen molar-refractivity contribution in [2.75, 3.05) is 6.79 Å². The Kier molecular flexibility index (Phi) is 5.29. The number of aliphatic hydroxyl groups is 1. The van der Waals surface area contributed by atoms with Crippen molar-refractivity contribution in [2.45, 2.75) is 26.2 Å². The highest BCUT2D eigenvalue weighted by atomic mass is 19.2. The van der Waals surface area contributed by atoms with E-state index in [2.05, 4.69) is 4.74 Å². The Morgan fingerprint density at radius 2 is 1.63 bits per heavy atom. The van der Waals surface area contributed by atoms with Crippen molar-refractivity contribution in [3.8, 4) is 0 Å². The zero-order valence-corrected chi connectivity index (χ0v) is 10.1. The van der Waals surface area contributed by atoms with Crippen molar-refractivity contribution in [1.82, 2.24) is 0 Å². The molecule has 0 spiro atoms. The van der Waals surface area contributed by atoms with Crippen LogP contribution >= 0.6 is 0 Å². The summed E-state index contributed by atoms with van der Waals surface area (Å²) >= 11 is 0. The van der Waals surface area contributed by atoms with E-state index >= 15 is 0 Å². The maximum absolute atomic E-state index is 13.6. The van der Waals surface area contributed by atoms with Gasteiger partial charge in [0.1, 0.15) is 5.56 Å². The van der Waals surface area contributed by atoms with Crippen LogP contribution < -0.4 is 0 Å². The first-order chi connectivity index (χ1) is 8.95. The third-order valence-electron chi connectivity index (χ3n) is 2.53. The molecule has 1 aromatic carbocycles. The van der Waals surface area contributed by atoms with Crippen molar-refractivity contribution < 1.29 is 32.2 Å². The molecule has 106 valence electrons. The van der Waals surface area contributed by atoms with Gasteiger partial charge in [0.15, 0.2) is 30.1 Å². The van der Waals surface area contributed by atoms with Crippen LogP contribution in [0.5, 0.6) is 0 Å². The number of hydrogen-bond acceptors (Lipinski definition) is 3. The number of rotatable bonds is 5. The lowest BCUT2D eigenvalue weighted by atomic mass is 10.0. The number of carbonyl (C=O) groups excluding carboxylic acids is 1. The van der Waals surface area contributed by atoms with E-state index in [1.807, 2.05) is 0 Å². The van der Waals surface area contributed by atoms with Crippen LogP contribution in [-0.4, -0.2) is 17.9 Å². The van der Waals surface area contributed by atoms with Crippen molar-refractivity contribution in [3.05, 3.63) is 34.4 Å². The van der Waals surface area contributed by atoms with E-state index in [1.54, 1.807) is 6.92 Å². The van der Waals surface area contributed by atoms with Crippen LogP contribution in [0.1, 0.15) is 35.7 Å². The first-order valence-corrected chi connectivity index (χ1v) is 5.58. The van der Waals surface area contributed by atoms with Gasteiger partial charge in [-0.2, -0.15) is 0 Å². The van der Waals surface area contributed by atoms with Crippen LogP contribution in [0, 0.1) is 23.3 Å². The summed E-state index contributed by atoms with van der Waals surface area (Å²) in [7, 11) is 0. The van der Waals surface area contributed by atoms with Gasteiger partial charge in [0.25, 0.3) is 0 Å². The van der Waals surface area contributed by atoms with Gasteiger partial charge < -0.3 is 9.84 Å². The summed E-state index contributed by atoms with van der Waals surface area (Å²) in [6.45, 7) is 0.591. The average molecular weight is 280 g/mol. The summed E-state index contributed by atoms with van der Waals surface area (Å²) in [6, 6.07) is 0.